The molecule has 1 aromatic carbocycles. The third kappa shape index (κ3) is 4.51. The Morgan fingerprint density at radius 3 is 2.55 bits per heavy atom. The van der Waals surface area contributed by atoms with Crippen molar-refractivity contribution < 1.29 is 22.5 Å². The van der Waals surface area contributed by atoms with Gasteiger partial charge in [-0.05, 0) is 22.6 Å². The number of rotatable bonds is 6. The van der Waals surface area contributed by atoms with Crippen molar-refractivity contribution >= 4 is 11.4 Å². The van der Waals surface area contributed by atoms with Crippen LogP contribution in [-0.4, -0.2) is 40.4 Å². The van der Waals surface area contributed by atoms with Crippen LogP contribution in [0.25, 0.3) is 27.9 Å². The number of carbonyl (C=O) groups excluding carboxylic acids is 1. The van der Waals surface area contributed by atoms with Gasteiger partial charge in [-0.25, -0.2) is 22.7 Å². The summed E-state index contributed by atoms with van der Waals surface area (Å²) < 4.78 is 52.5. The van der Waals surface area contributed by atoms with Crippen molar-refractivity contribution in [1.82, 2.24) is 39.8 Å². The highest BCUT2D eigenvalue weighted by Gasteiger charge is 2.31. The number of alkyl halides is 2. The number of nitrogens with zero attached hydrogens (tertiary/aromatic N) is 7. The lowest BCUT2D eigenvalue weighted by molar-refractivity contribution is 0.0935. The van der Waals surface area contributed by atoms with E-state index in [0.717, 1.165) is 17.5 Å². The quantitative estimate of drug-likeness (QED) is 0.348. The number of halogens is 3. The van der Waals surface area contributed by atoms with Gasteiger partial charge < -0.3 is 9.84 Å². The first kappa shape index (κ1) is 25.1. The number of carbonyl (C=O) groups is 1. The second-order valence-corrected chi connectivity index (χ2v) is 9.74. The van der Waals surface area contributed by atoms with Crippen molar-refractivity contribution in [3.05, 3.63) is 71.8 Å². The summed E-state index contributed by atoms with van der Waals surface area (Å²) in [6.07, 6.45) is 4.29. The Bertz CT molecular complexity index is 1630. The van der Waals surface area contributed by atoms with E-state index in [1.807, 2.05) is 27.0 Å². The van der Waals surface area contributed by atoms with Crippen LogP contribution in [0, 0.1) is 5.82 Å². The lowest BCUT2D eigenvalue weighted by atomic mass is 9.80. The van der Waals surface area contributed by atoms with E-state index in [-0.39, 0.29) is 29.2 Å². The second kappa shape index (κ2) is 9.39. The van der Waals surface area contributed by atoms with Gasteiger partial charge in [0.2, 0.25) is 6.39 Å². The molecule has 0 aliphatic carbocycles. The molecule has 0 fully saturated rings. The average molecular weight is 525 g/mol. The van der Waals surface area contributed by atoms with Gasteiger partial charge in [0.15, 0.2) is 0 Å². The molecule has 10 nitrogen and oxygen atoms in total. The molecule has 196 valence electrons. The van der Waals surface area contributed by atoms with Crippen LogP contribution in [-0.2, 0) is 19.0 Å². The Labute approximate surface area is 214 Å². The molecule has 13 heteroatoms. The summed E-state index contributed by atoms with van der Waals surface area (Å²) in [5.74, 6) is -2.12. The normalized spacial score (nSPS) is 12.0. The first-order valence-electron chi connectivity index (χ1n) is 11.6. The summed E-state index contributed by atoms with van der Waals surface area (Å²) in [7, 11) is 1.79. The highest BCUT2D eigenvalue weighted by atomic mass is 19.3. The molecule has 38 heavy (non-hydrogen) atoms. The van der Waals surface area contributed by atoms with Gasteiger partial charge in [-0.3, -0.25) is 9.48 Å². The van der Waals surface area contributed by atoms with Crippen LogP contribution in [0.4, 0.5) is 13.2 Å². The van der Waals surface area contributed by atoms with Gasteiger partial charge in [-0.15, -0.1) is 0 Å². The molecule has 0 aliphatic rings. The number of fused-ring (bicyclic) bond motifs is 1. The molecule has 5 aromatic rings. The Morgan fingerprint density at radius 2 is 1.92 bits per heavy atom. The number of aromatic nitrogens is 7. The third-order valence-electron chi connectivity index (χ3n) is 6.10. The fraction of sp³-hybridized carbons (Fsp3) is 0.280. The number of hydrogen-bond donors (Lipinski definition) is 1. The number of amides is 1. The van der Waals surface area contributed by atoms with E-state index in [0.29, 0.717) is 11.1 Å². The van der Waals surface area contributed by atoms with E-state index in [9.17, 15) is 13.6 Å². The van der Waals surface area contributed by atoms with Gasteiger partial charge in [0, 0.05) is 42.7 Å². The SMILES string of the molecule is Cn1cc(-c2cc3c(-c4c(C(C)(C)C)cc(CNC(=O)c5ncon5)c(C(F)F)c4F)ncnn3c2)cn1. The van der Waals surface area contributed by atoms with E-state index >= 15 is 4.39 Å². The maximum atomic E-state index is 16.2. The molecule has 0 bridgehead atoms. The lowest BCUT2D eigenvalue weighted by Crippen LogP contribution is -2.26. The van der Waals surface area contributed by atoms with Crippen LogP contribution in [0.15, 0.2) is 48.0 Å². The maximum Gasteiger partial charge on any atom is 0.292 e. The molecule has 0 radical (unpaired) electrons. The van der Waals surface area contributed by atoms with Crippen molar-refractivity contribution in [3.8, 4) is 22.4 Å². The summed E-state index contributed by atoms with van der Waals surface area (Å²) >= 11 is 0. The summed E-state index contributed by atoms with van der Waals surface area (Å²) in [5, 5.41) is 14.3. The Morgan fingerprint density at radius 1 is 1.13 bits per heavy atom. The molecular weight excluding hydrogens is 501 g/mol. The summed E-state index contributed by atoms with van der Waals surface area (Å²) in [5.41, 5.74) is 0.989. The minimum Gasteiger partial charge on any atom is -0.345 e. The molecule has 1 amide bonds. The van der Waals surface area contributed by atoms with Crippen LogP contribution >= 0.6 is 0 Å². The maximum absolute atomic E-state index is 16.2. The molecule has 1 N–H and O–H groups in total. The van der Waals surface area contributed by atoms with Crippen molar-refractivity contribution in [1.29, 1.82) is 0 Å². The molecular formula is C25H23F3N8O2. The van der Waals surface area contributed by atoms with Crippen LogP contribution < -0.4 is 5.32 Å². The molecule has 0 saturated carbocycles. The molecule has 0 atom stereocenters. The van der Waals surface area contributed by atoms with Gasteiger partial charge in [0.25, 0.3) is 18.2 Å². The van der Waals surface area contributed by atoms with E-state index in [1.54, 1.807) is 30.2 Å². The van der Waals surface area contributed by atoms with Gasteiger partial charge in [0.05, 0.1) is 17.3 Å². The predicted octanol–water partition coefficient (Wildman–Crippen LogP) is 4.48. The number of hydrogen-bond acceptors (Lipinski definition) is 7. The summed E-state index contributed by atoms with van der Waals surface area (Å²) in [6.45, 7) is 5.15. The van der Waals surface area contributed by atoms with Gasteiger partial charge in [0.1, 0.15) is 17.8 Å². The van der Waals surface area contributed by atoms with Crippen LogP contribution in [0.2, 0.25) is 0 Å². The first-order valence-corrected chi connectivity index (χ1v) is 11.6. The number of nitrogens with one attached hydrogen (secondary N) is 1. The predicted molar refractivity (Wildman–Crippen MR) is 130 cm³/mol. The molecule has 4 aromatic heterocycles. The number of aryl methyl sites for hydroxylation is 1. The topological polar surface area (TPSA) is 116 Å². The zero-order valence-corrected chi connectivity index (χ0v) is 20.9. The van der Waals surface area contributed by atoms with Crippen molar-refractivity contribution in [2.24, 2.45) is 7.05 Å². The van der Waals surface area contributed by atoms with Crippen LogP contribution in [0.5, 0.6) is 0 Å². The number of benzene rings is 1. The second-order valence-electron chi connectivity index (χ2n) is 9.74. The zero-order valence-electron chi connectivity index (χ0n) is 20.9. The highest BCUT2D eigenvalue weighted by Crippen LogP contribution is 2.41. The minimum atomic E-state index is -3.16. The fourth-order valence-corrected chi connectivity index (χ4v) is 4.30. The van der Waals surface area contributed by atoms with E-state index in [1.165, 1.54) is 16.9 Å². The Hall–Kier alpha value is -4.55. The standard InChI is InChI=1S/C25H23F3N8O2/c1-25(2,3)16-5-13(7-29-24(37)23-31-12-38-34-23)18(22(27)28)20(26)19(16)21-17-6-14(10-36(17)33-11-30-21)15-8-32-35(4)9-15/h5-6,8-12,22H,7H2,1-4H3,(H,29,37). The molecule has 0 aliphatic heterocycles. The largest absolute Gasteiger partial charge is 0.345 e. The highest BCUT2D eigenvalue weighted by molar-refractivity contribution is 5.90. The monoisotopic (exact) mass is 524 g/mol. The van der Waals surface area contributed by atoms with E-state index in [4.69, 9.17) is 0 Å². The van der Waals surface area contributed by atoms with Crippen molar-refractivity contribution in [2.45, 2.75) is 39.2 Å². The van der Waals surface area contributed by atoms with E-state index < -0.39 is 29.1 Å². The molecule has 0 saturated heterocycles. The summed E-state index contributed by atoms with van der Waals surface area (Å²) in [6, 6.07) is 3.25. The minimum absolute atomic E-state index is 0.0516. The molecule has 5 rings (SSSR count). The smallest absolute Gasteiger partial charge is 0.292 e. The molecule has 0 spiro atoms. The van der Waals surface area contributed by atoms with E-state index in [2.05, 4.69) is 35.2 Å². The lowest BCUT2D eigenvalue weighted by Gasteiger charge is -2.26. The van der Waals surface area contributed by atoms with Crippen molar-refractivity contribution in [2.75, 3.05) is 0 Å². The average Bonchev–Trinajstić information content (AvgIpc) is 3.61. The zero-order chi connectivity index (χ0) is 27.2. The Kier molecular flexibility index (Phi) is 6.21. The molecule has 0 unspecified atom stereocenters. The van der Waals surface area contributed by atoms with Crippen LogP contribution in [0.3, 0.4) is 0 Å². The van der Waals surface area contributed by atoms with Gasteiger partial charge >= 0.3 is 0 Å². The first-order chi connectivity index (χ1) is 18.0. The molecule has 4 heterocycles. The van der Waals surface area contributed by atoms with Crippen molar-refractivity contribution in [3.63, 3.8) is 0 Å². The van der Waals surface area contributed by atoms with Gasteiger partial charge in [-0.2, -0.15) is 15.2 Å². The third-order valence-corrected chi connectivity index (χ3v) is 6.10. The fourth-order valence-electron chi connectivity index (χ4n) is 4.30. The van der Waals surface area contributed by atoms with Crippen LogP contribution in [0.1, 0.15) is 54.5 Å². The van der Waals surface area contributed by atoms with Gasteiger partial charge in [-0.1, -0.05) is 32.0 Å². The summed E-state index contributed by atoms with van der Waals surface area (Å²) in [4.78, 5) is 20.2. The Balaban J connectivity index is 1.67.